The molecule has 1 aliphatic rings. The van der Waals surface area contributed by atoms with Crippen molar-refractivity contribution < 1.29 is 14.2 Å². The van der Waals surface area contributed by atoms with Gasteiger partial charge in [0.1, 0.15) is 17.1 Å². The van der Waals surface area contributed by atoms with Gasteiger partial charge in [-0.3, -0.25) is 18.9 Å². The van der Waals surface area contributed by atoms with E-state index < -0.39 is 11.2 Å². The minimum absolute atomic E-state index is 0.199. The molecule has 31 heavy (non-hydrogen) atoms. The molecular formula is C21H23ClN4O5. The summed E-state index contributed by atoms with van der Waals surface area (Å²) in [7, 11) is 1.58. The molecule has 1 saturated heterocycles. The third kappa shape index (κ3) is 4.95. The van der Waals surface area contributed by atoms with E-state index in [-0.39, 0.29) is 23.9 Å². The van der Waals surface area contributed by atoms with Crippen LogP contribution in [-0.4, -0.2) is 38.6 Å². The fraction of sp³-hybridized carbons (Fsp3) is 0.429. The van der Waals surface area contributed by atoms with E-state index in [1.807, 2.05) is 0 Å². The molecule has 4 heterocycles. The van der Waals surface area contributed by atoms with E-state index in [0.29, 0.717) is 36.2 Å². The molecule has 1 atom stereocenters. The molecule has 9 nitrogen and oxygen atoms in total. The molecule has 1 fully saturated rings. The summed E-state index contributed by atoms with van der Waals surface area (Å²) in [5, 5.41) is 0.711. The van der Waals surface area contributed by atoms with Gasteiger partial charge >= 0.3 is 5.69 Å². The van der Waals surface area contributed by atoms with Crippen molar-refractivity contribution in [2.24, 2.45) is 7.05 Å². The second-order valence-electron chi connectivity index (χ2n) is 7.30. The van der Waals surface area contributed by atoms with Crippen LogP contribution >= 0.6 is 11.6 Å². The number of halogens is 1. The van der Waals surface area contributed by atoms with Gasteiger partial charge < -0.3 is 14.2 Å². The second-order valence-corrected chi connectivity index (χ2v) is 7.74. The summed E-state index contributed by atoms with van der Waals surface area (Å²) in [5.74, 6) is 0.762. The van der Waals surface area contributed by atoms with Crippen molar-refractivity contribution in [1.29, 1.82) is 0 Å². The van der Waals surface area contributed by atoms with Gasteiger partial charge in [-0.25, -0.2) is 9.78 Å². The highest BCUT2D eigenvalue weighted by molar-refractivity contribution is 6.30. The van der Waals surface area contributed by atoms with Gasteiger partial charge in [-0.1, -0.05) is 11.6 Å². The van der Waals surface area contributed by atoms with Crippen LogP contribution in [0.2, 0.25) is 5.02 Å². The Morgan fingerprint density at radius 2 is 2.03 bits per heavy atom. The van der Waals surface area contributed by atoms with E-state index in [0.717, 1.165) is 19.3 Å². The molecule has 0 N–H and O–H groups in total. The summed E-state index contributed by atoms with van der Waals surface area (Å²) in [6.07, 6.45) is 7.76. The lowest BCUT2D eigenvalue weighted by molar-refractivity contribution is -0.163. The molecule has 0 bridgehead atoms. The second kappa shape index (κ2) is 9.59. The number of aryl methyl sites for hydroxylation is 1. The van der Waals surface area contributed by atoms with Crippen LogP contribution in [-0.2, 0) is 23.1 Å². The number of hydrogen-bond donors (Lipinski definition) is 0. The first-order valence-electron chi connectivity index (χ1n) is 10.1. The summed E-state index contributed by atoms with van der Waals surface area (Å²) in [4.78, 5) is 33.9. The summed E-state index contributed by atoms with van der Waals surface area (Å²) in [5.41, 5.74) is -0.560. The van der Waals surface area contributed by atoms with Crippen molar-refractivity contribution in [3.05, 3.63) is 56.6 Å². The van der Waals surface area contributed by atoms with E-state index in [9.17, 15) is 9.59 Å². The van der Waals surface area contributed by atoms with Crippen molar-refractivity contribution in [2.45, 2.75) is 38.5 Å². The number of ether oxygens (including phenoxy) is 3. The van der Waals surface area contributed by atoms with E-state index in [1.54, 1.807) is 19.2 Å². The zero-order chi connectivity index (χ0) is 21.8. The molecule has 3 aromatic rings. The Morgan fingerprint density at radius 3 is 2.81 bits per heavy atom. The average molecular weight is 447 g/mol. The van der Waals surface area contributed by atoms with Crippen LogP contribution in [0.3, 0.4) is 0 Å². The van der Waals surface area contributed by atoms with Gasteiger partial charge in [0.2, 0.25) is 0 Å². The van der Waals surface area contributed by atoms with Gasteiger partial charge in [0.05, 0.1) is 29.4 Å². The molecule has 0 amide bonds. The SMILES string of the molecule is Cn1c(=O)n(CCCOC2CCCCO2)c(=O)c2cc(Oc3cncc(Cl)c3)cnc21. The third-order valence-corrected chi connectivity index (χ3v) is 5.24. The Bertz CT molecular complexity index is 1190. The molecule has 4 rings (SSSR count). The van der Waals surface area contributed by atoms with E-state index in [2.05, 4.69) is 9.97 Å². The quantitative estimate of drug-likeness (QED) is 0.514. The van der Waals surface area contributed by atoms with Gasteiger partial charge in [-0.05, 0) is 31.7 Å². The number of pyridine rings is 2. The standard InChI is InChI=1S/C21H23ClN4O5/c1-25-19-17(10-16(13-24-19)31-15-9-14(22)11-23-12-15)20(27)26(21(25)28)6-4-8-30-18-5-2-3-7-29-18/h9-13,18H,2-8H2,1H3. The van der Waals surface area contributed by atoms with E-state index >= 15 is 0 Å². The van der Waals surface area contributed by atoms with Crippen molar-refractivity contribution >= 4 is 22.6 Å². The van der Waals surface area contributed by atoms with Gasteiger partial charge in [0.15, 0.2) is 6.29 Å². The fourth-order valence-electron chi connectivity index (χ4n) is 3.48. The molecule has 0 saturated carbocycles. The highest BCUT2D eigenvalue weighted by Crippen LogP contribution is 2.24. The van der Waals surface area contributed by atoms with Crippen molar-refractivity contribution in [1.82, 2.24) is 19.1 Å². The first-order chi connectivity index (χ1) is 15.0. The molecule has 0 spiro atoms. The Balaban J connectivity index is 1.54. The van der Waals surface area contributed by atoms with Crippen molar-refractivity contribution in [3.8, 4) is 11.5 Å². The molecule has 164 valence electrons. The zero-order valence-corrected chi connectivity index (χ0v) is 17.9. The van der Waals surface area contributed by atoms with Crippen LogP contribution in [0.25, 0.3) is 11.0 Å². The molecule has 10 heteroatoms. The fourth-order valence-corrected chi connectivity index (χ4v) is 3.65. The Hall–Kier alpha value is -2.75. The topological polar surface area (TPSA) is 97.5 Å². The van der Waals surface area contributed by atoms with Gasteiger partial charge in [0.25, 0.3) is 5.56 Å². The summed E-state index contributed by atoms with van der Waals surface area (Å²) in [6, 6.07) is 3.17. The van der Waals surface area contributed by atoms with E-state index in [4.69, 9.17) is 25.8 Å². The Kier molecular flexibility index (Phi) is 6.64. The summed E-state index contributed by atoms with van der Waals surface area (Å²) in [6.45, 7) is 1.34. The molecule has 0 aromatic carbocycles. The number of hydrogen-bond acceptors (Lipinski definition) is 7. The van der Waals surface area contributed by atoms with Crippen LogP contribution in [0.1, 0.15) is 25.7 Å². The largest absolute Gasteiger partial charge is 0.454 e. The monoisotopic (exact) mass is 446 g/mol. The molecule has 1 unspecified atom stereocenters. The lowest BCUT2D eigenvalue weighted by atomic mass is 10.2. The van der Waals surface area contributed by atoms with Crippen molar-refractivity contribution in [2.75, 3.05) is 13.2 Å². The lowest BCUT2D eigenvalue weighted by Crippen LogP contribution is -2.39. The zero-order valence-electron chi connectivity index (χ0n) is 17.1. The minimum atomic E-state index is -0.424. The number of aromatic nitrogens is 4. The smallest absolute Gasteiger partial charge is 0.332 e. The summed E-state index contributed by atoms with van der Waals surface area (Å²) < 4.78 is 19.5. The summed E-state index contributed by atoms with van der Waals surface area (Å²) >= 11 is 5.93. The Morgan fingerprint density at radius 1 is 1.19 bits per heavy atom. The number of fused-ring (bicyclic) bond motifs is 1. The maximum absolute atomic E-state index is 13.0. The van der Waals surface area contributed by atoms with Crippen LogP contribution in [0.5, 0.6) is 11.5 Å². The first kappa shape index (κ1) is 21.5. The van der Waals surface area contributed by atoms with Crippen LogP contribution in [0.15, 0.2) is 40.3 Å². The van der Waals surface area contributed by atoms with Crippen LogP contribution in [0.4, 0.5) is 0 Å². The average Bonchev–Trinajstić information content (AvgIpc) is 2.78. The molecule has 0 radical (unpaired) electrons. The molecular weight excluding hydrogens is 424 g/mol. The highest BCUT2D eigenvalue weighted by Gasteiger charge is 2.16. The molecule has 0 aliphatic carbocycles. The number of rotatable bonds is 7. The lowest BCUT2D eigenvalue weighted by Gasteiger charge is -2.22. The van der Waals surface area contributed by atoms with Crippen molar-refractivity contribution in [3.63, 3.8) is 0 Å². The maximum atomic E-state index is 13.0. The third-order valence-electron chi connectivity index (χ3n) is 5.04. The predicted octanol–water partition coefficient (Wildman–Crippen LogP) is 2.87. The van der Waals surface area contributed by atoms with Crippen LogP contribution in [0, 0.1) is 0 Å². The maximum Gasteiger partial charge on any atom is 0.332 e. The molecule has 1 aliphatic heterocycles. The molecule has 3 aromatic heterocycles. The minimum Gasteiger partial charge on any atom is -0.454 e. The first-order valence-corrected chi connectivity index (χ1v) is 10.5. The normalized spacial score (nSPS) is 16.5. The highest BCUT2D eigenvalue weighted by atomic mass is 35.5. The van der Waals surface area contributed by atoms with E-state index in [1.165, 1.54) is 27.7 Å². The van der Waals surface area contributed by atoms with Gasteiger partial charge in [-0.2, -0.15) is 0 Å². The Labute approximate surface area is 183 Å². The van der Waals surface area contributed by atoms with Gasteiger partial charge in [-0.15, -0.1) is 0 Å². The van der Waals surface area contributed by atoms with Crippen LogP contribution < -0.4 is 16.0 Å². The predicted molar refractivity (Wildman–Crippen MR) is 115 cm³/mol. The van der Waals surface area contributed by atoms with Gasteiger partial charge in [0, 0.05) is 32.5 Å². The number of nitrogens with zero attached hydrogens (tertiary/aromatic N) is 4.